The smallest absolute Gasteiger partial charge is 0.306 e. The first-order valence-corrected chi connectivity index (χ1v) is 11.3. The van der Waals surface area contributed by atoms with E-state index in [4.69, 9.17) is 12.2 Å². The number of carboxylic acids is 1. The quantitative estimate of drug-likeness (QED) is 0.505. The standard InChI is InChI=1S/C24H23NO3S2/c1-15-5-7-17(8-6-15)19-4-2-3-16(13-19)14-21-22(26)25(24(29)30-21)20-11-9-18(10-12-20)23(27)28/h2-8,13-14,18,20H,9-12H2,1H3,(H,27,28)/b21-14+. The molecule has 30 heavy (non-hydrogen) atoms. The molecule has 0 unspecified atom stereocenters. The number of thioether (sulfide) groups is 1. The highest BCUT2D eigenvalue weighted by molar-refractivity contribution is 8.26. The lowest BCUT2D eigenvalue weighted by Gasteiger charge is -2.32. The Morgan fingerprint density at radius 1 is 1.10 bits per heavy atom. The van der Waals surface area contributed by atoms with Crippen molar-refractivity contribution in [2.24, 2.45) is 5.92 Å². The SMILES string of the molecule is Cc1ccc(-c2cccc(/C=C3/SC(=S)N(C4CCC(C(=O)O)CC4)C3=O)c2)cc1. The van der Waals surface area contributed by atoms with Crippen molar-refractivity contribution in [3.63, 3.8) is 0 Å². The Morgan fingerprint density at radius 3 is 2.47 bits per heavy atom. The summed E-state index contributed by atoms with van der Waals surface area (Å²) < 4.78 is 0.569. The summed E-state index contributed by atoms with van der Waals surface area (Å²) >= 11 is 6.83. The van der Waals surface area contributed by atoms with Crippen molar-refractivity contribution in [1.82, 2.24) is 4.90 Å². The van der Waals surface area contributed by atoms with E-state index in [0.717, 1.165) is 16.7 Å². The minimum absolute atomic E-state index is 0.00195. The summed E-state index contributed by atoms with van der Waals surface area (Å²) in [6, 6.07) is 16.5. The Bertz CT molecular complexity index is 1020. The van der Waals surface area contributed by atoms with Gasteiger partial charge in [0, 0.05) is 6.04 Å². The molecule has 0 bridgehead atoms. The molecule has 1 amide bonds. The van der Waals surface area contributed by atoms with Crippen LogP contribution >= 0.6 is 24.0 Å². The Kier molecular flexibility index (Phi) is 6.06. The van der Waals surface area contributed by atoms with E-state index < -0.39 is 5.97 Å². The van der Waals surface area contributed by atoms with Crippen LogP contribution in [0.3, 0.4) is 0 Å². The first-order valence-electron chi connectivity index (χ1n) is 10.1. The van der Waals surface area contributed by atoms with E-state index in [1.54, 1.807) is 4.90 Å². The molecule has 1 heterocycles. The van der Waals surface area contributed by atoms with Crippen LogP contribution in [-0.2, 0) is 9.59 Å². The van der Waals surface area contributed by atoms with Gasteiger partial charge in [0.25, 0.3) is 5.91 Å². The van der Waals surface area contributed by atoms with E-state index in [2.05, 4.69) is 43.3 Å². The Hall–Kier alpha value is -2.44. The van der Waals surface area contributed by atoms with Crippen LogP contribution in [0, 0.1) is 12.8 Å². The lowest BCUT2D eigenvalue weighted by molar-refractivity contribution is -0.143. The molecular weight excluding hydrogens is 414 g/mol. The highest BCUT2D eigenvalue weighted by atomic mass is 32.2. The van der Waals surface area contributed by atoms with Gasteiger partial charge in [-0.05, 0) is 61.4 Å². The van der Waals surface area contributed by atoms with Gasteiger partial charge in [-0.3, -0.25) is 14.5 Å². The number of aryl methyl sites for hydroxylation is 1. The van der Waals surface area contributed by atoms with Crippen molar-refractivity contribution in [1.29, 1.82) is 0 Å². The van der Waals surface area contributed by atoms with Gasteiger partial charge in [-0.2, -0.15) is 0 Å². The van der Waals surface area contributed by atoms with Crippen molar-refractivity contribution in [3.05, 3.63) is 64.6 Å². The minimum Gasteiger partial charge on any atom is -0.481 e. The summed E-state index contributed by atoms with van der Waals surface area (Å²) in [5.74, 6) is -1.11. The van der Waals surface area contributed by atoms with Crippen LogP contribution < -0.4 is 0 Å². The number of amides is 1. The predicted molar refractivity (Wildman–Crippen MR) is 125 cm³/mol. The maximum Gasteiger partial charge on any atom is 0.306 e. The summed E-state index contributed by atoms with van der Waals surface area (Å²) in [5, 5.41) is 9.20. The molecule has 4 rings (SSSR count). The first-order chi connectivity index (χ1) is 14.4. The fourth-order valence-corrected chi connectivity index (χ4v) is 5.48. The van der Waals surface area contributed by atoms with Gasteiger partial charge in [0.1, 0.15) is 4.32 Å². The second-order valence-corrected chi connectivity index (χ2v) is 9.56. The van der Waals surface area contributed by atoms with Crippen molar-refractivity contribution in [3.8, 4) is 11.1 Å². The maximum atomic E-state index is 13.1. The number of nitrogens with zero attached hydrogens (tertiary/aromatic N) is 1. The second-order valence-electron chi connectivity index (χ2n) is 7.89. The summed E-state index contributed by atoms with van der Waals surface area (Å²) in [6.45, 7) is 2.07. The Morgan fingerprint density at radius 2 is 1.80 bits per heavy atom. The third-order valence-electron chi connectivity index (χ3n) is 5.80. The number of thiocarbonyl (C=S) groups is 1. The molecule has 2 aromatic rings. The topological polar surface area (TPSA) is 57.6 Å². The molecular formula is C24H23NO3S2. The van der Waals surface area contributed by atoms with E-state index in [1.807, 2.05) is 18.2 Å². The molecule has 2 aliphatic rings. The van der Waals surface area contributed by atoms with Gasteiger partial charge in [0.15, 0.2) is 0 Å². The van der Waals surface area contributed by atoms with Crippen molar-refractivity contribution < 1.29 is 14.7 Å². The van der Waals surface area contributed by atoms with Gasteiger partial charge in [0.2, 0.25) is 0 Å². The van der Waals surface area contributed by atoms with E-state index in [9.17, 15) is 14.7 Å². The molecule has 6 heteroatoms. The monoisotopic (exact) mass is 437 g/mol. The normalized spacial score (nSPS) is 23.2. The number of hydrogen-bond acceptors (Lipinski definition) is 4. The summed E-state index contributed by atoms with van der Waals surface area (Å²) in [5.41, 5.74) is 4.42. The molecule has 2 aromatic carbocycles. The zero-order valence-electron chi connectivity index (χ0n) is 16.7. The van der Waals surface area contributed by atoms with E-state index in [-0.39, 0.29) is 17.9 Å². The molecule has 0 aromatic heterocycles. The number of hydrogen-bond donors (Lipinski definition) is 1. The average molecular weight is 438 g/mol. The minimum atomic E-state index is -0.743. The fourth-order valence-electron chi connectivity index (χ4n) is 4.08. The van der Waals surface area contributed by atoms with Crippen LogP contribution in [0.4, 0.5) is 0 Å². The molecule has 1 saturated heterocycles. The molecule has 0 radical (unpaired) electrons. The van der Waals surface area contributed by atoms with Crippen LogP contribution in [0.15, 0.2) is 53.4 Å². The van der Waals surface area contributed by atoms with Crippen LogP contribution in [0.5, 0.6) is 0 Å². The molecule has 154 valence electrons. The number of rotatable bonds is 4. The summed E-state index contributed by atoms with van der Waals surface area (Å²) in [6.07, 6.45) is 4.45. The maximum absolute atomic E-state index is 13.1. The van der Waals surface area contributed by atoms with Crippen LogP contribution in [0.25, 0.3) is 17.2 Å². The van der Waals surface area contributed by atoms with Gasteiger partial charge in [-0.15, -0.1) is 0 Å². The van der Waals surface area contributed by atoms with Crippen LogP contribution in [0.2, 0.25) is 0 Å². The number of carboxylic acid groups (broad SMARTS) is 1. The van der Waals surface area contributed by atoms with Gasteiger partial charge in [0.05, 0.1) is 10.8 Å². The summed E-state index contributed by atoms with van der Waals surface area (Å²) in [7, 11) is 0. The molecule has 0 atom stereocenters. The van der Waals surface area contributed by atoms with Gasteiger partial charge in [-0.1, -0.05) is 72.0 Å². The zero-order chi connectivity index (χ0) is 21.3. The third-order valence-corrected chi connectivity index (χ3v) is 7.13. The third kappa shape index (κ3) is 4.35. The lowest BCUT2D eigenvalue weighted by atomic mass is 9.85. The molecule has 4 nitrogen and oxygen atoms in total. The zero-order valence-corrected chi connectivity index (χ0v) is 18.3. The van der Waals surface area contributed by atoms with Crippen LogP contribution in [-0.4, -0.2) is 32.2 Å². The fraction of sp³-hybridized carbons (Fsp3) is 0.292. The summed E-state index contributed by atoms with van der Waals surface area (Å²) in [4.78, 5) is 26.6. The van der Waals surface area contributed by atoms with Gasteiger partial charge < -0.3 is 5.11 Å². The van der Waals surface area contributed by atoms with Gasteiger partial charge in [-0.25, -0.2) is 0 Å². The predicted octanol–water partition coefficient (Wildman–Crippen LogP) is 5.51. The largest absolute Gasteiger partial charge is 0.481 e. The number of carbonyl (C=O) groups is 2. The molecule has 0 spiro atoms. The first kappa shape index (κ1) is 20.8. The highest BCUT2D eigenvalue weighted by Gasteiger charge is 2.39. The van der Waals surface area contributed by atoms with Crippen molar-refractivity contribution >= 4 is 46.3 Å². The average Bonchev–Trinajstić information content (AvgIpc) is 3.01. The van der Waals surface area contributed by atoms with E-state index >= 15 is 0 Å². The van der Waals surface area contributed by atoms with Crippen LogP contribution in [0.1, 0.15) is 36.8 Å². The highest BCUT2D eigenvalue weighted by Crippen LogP contribution is 2.38. The van der Waals surface area contributed by atoms with E-state index in [0.29, 0.717) is 34.9 Å². The van der Waals surface area contributed by atoms with Crippen molar-refractivity contribution in [2.75, 3.05) is 0 Å². The number of aliphatic carboxylic acids is 1. The molecule has 1 N–H and O–H groups in total. The molecule has 2 fully saturated rings. The van der Waals surface area contributed by atoms with E-state index in [1.165, 1.54) is 17.3 Å². The number of benzene rings is 2. The molecule has 1 aliphatic heterocycles. The second kappa shape index (κ2) is 8.74. The molecule has 1 saturated carbocycles. The Labute approximate surface area is 186 Å². The van der Waals surface area contributed by atoms with Gasteiger partial charge >= 0.3 is 5.97 Å². The number of carbonyl (C=O) groups excluding carboxylic acids is 1. The molecule has 1 aliphatic carbocycles. The lowest BCUT2D eigenvalue weighted by Crippen LogP contribution is -2.41. The van der Waals surface area contributed by atoms with Crippen molar-refractivity contribution in [2.45, 2.75) is 38.6 Å². The Balaban J connectivity index is 1.52.